The zero-order chi connectivity index (χ0) is 26.9. The number of rotatable bonds is 5. The monoisotopic (exact) mass is 520 g/mol. The number of nitrogens with zero attached hydrogens (tertiary/aromatic N) is 3. The third kappa shape index (κ3) is 4.72. The van der Waals surface area contributed by atoms with E-state index in [9.17, 15) is 15.0 Å². The van der Waals surface area contributed by atoms with Crippen LogP contribution < -0.4 is 9.64 Å². The Kier molecular flexibility index (Phi) is 6.28. The third-order valence-electron chi connectivity index (χ3n) is 7.19. The highest BCUT2D eigenvalue weighted by atomic mass is 16.5. The number of phenols is 2. The lowest BCUT2D eigenvalue weighted by molar-refractivity contribution is 0.0747. The number of methoxy groups -OCH3 is 1. The summed E-state index contributed by atoms with van der Waals surface area (Å²) in [4.78, 5) is 25.3. The van der Waals surface area contributed by atoms with E-state index in [0.717, 1.165) is 40.9 Å². The number of carbonyl (C=O) groups is 1. The topological polar surface area (TPSA) is 102 Å². The summed E-state index contributed by atoms with van der Waals surface area (Å²) in [6.07, 6.45) is 0. The molecule has 5 aromatic rings. The lowest BCUT2D eigenvalue weighted by Gasteiger charge is -2.36. The van der Waals surface area contributed by atoms with Gasteiger partial charge in [-0.05, 0) is 53.6 Å². The van der Waals surface area contributed by atoms with Gasteiger partial charge in [-0.3, -0.25) is 4.79 Å². The number of aromatic amines is 1. The van der Waals surface area contributed by atoms with E-state index in [2.05, 4.69) is 22.0 Å². The Morgan fingerprint density at radius 3 is 2.28 bits per heavy atom. The molecule has 1 aliphatic heterocycles. The Balaban J connectivity index is 1.14. The van der Waals surface area contributed by atoms with Crippen molar-refractivity contribution in [3.05, 3.63) is 90.5 Å². The Morgan fingerprint density at radius 2 is 1.56 bits per heavy atom. The molecule has 0 bridgehead atoms. The van der Waals surface area contributed by atoms with Crippen LogP contribution in [0.3, 0.4) is 0 Å². The summed E-state index contributed by atoms with van der Waals surface area (Å²) in [5.41, 5.74) is 6.20. The van der Waals surface area contributed by atoms with E-state index >= 15 is 0 Å². The fourth-order valence-corrected chi connectivity index (χ4v) is 5.00. The zero-order valence-corrected chi connectivity index (χ0v) is 21.5. The summed E-state index contributed by atoms with van der Waals surface area (Å²) < 4.78 is 5.15. The van der Waals surface area contributed by atoms with Crippen LogP contribution in [0.1, 0.15) is 10.4 Å². The molecule has 8 nitrogen and oxygen atoms in total. The molecule has 4 aromatic carbocycles. The lowest BCUT2D eigenvalue weighted by Crippen LogP contribution is -2.48. The van der Waals surface area contributed by atoms with Crippen LogP contribution in [0.2, 0.25) is 0 Å². The van der Waals surface area contributed by atoms with E-state index in [-0.39, 0.29) is 23.2 Å². The number of phenolic OH excluding ortho intramolecular Hbond substituents is 2. The van der Waals surface area contributed by atoms with Crippen molar-refractivity contribution >= 4 is 22.6 Å². The molecule has 0 unspecified atom stereocenters. The molecule has 3 N–H and O–H groups in total. The molecule has 0 spiro atoms. The first-order valence-electron chi connectivity index (χ1n) is 12.8. The number of hydrogen-bond acceptors (Lipinski definition) is 6. The van der Waals surface area contributed by atoms with Gasteiger partial charge in [0.05, 0.1) is 18.1 Å². The maximum Gasteiger partial charge on any atom is 0.253 e. The predicted octanol–water partition coefficient (Wildman–Crippen LogP) is 5.28. The lowest BCUT2D eigenvalue weighted by atomic mass is 10.0. The molecule has 0 aliphatic carbocycles. The second-order valence-corrected chi connectivity index (χ2v) is 9.56. The first kappa shape index (κ1) is 24.4. The Morgan fingerprint density at radius 1 is 0.846 bits per heavy atom. The van der Waals surface area contributed by atoms with Gasteiger partial charge in [0.25, 0.3) is 5.91 Å². The van der Waals surface area contributed by atoms with Crippen molar-refractivity contribution < 1.29 is 19.7 Å². The number of amides is 1. The maximum absolute atomic E-state index is 13.1. The average molecular weight is 521 g/mol. The van der Waals surface area contributed by atoms with Crippen LogP contribution in [0.25, 0.3) is 33.5 Å². The third-order valence-corrected chi connectivity index (χ3v) is 7.19. The van der Waals surface area contributed by atoms with E-state index in [4.69, 9.17) is 9.72 Å². The van der Waals surface area contributed by atoms with Gasteiger partial charge in [0.15, 0.2) is 11.5 Å². The van der Waals surface area contributed by atoms with Crippen LogP contribution in [0.15, 0.2) is 84.9 Å². The van der Waals surface area contributed by atoms with Gasteiger partial charge in [-0.15, -0.1) is 0 Å². The summed E-state index contributed by atoms with van der Waals surface area (Å²) >= 11 is 0. The molecule has 196 valence electrons. The molecule has 1 saturated heterocycles. The van der Waals surface area contributed by atoms with Crippen LogP contribution in [0.5, 0.6) is 17.2 Å². The first-order valence-corrected chi connectivity index (χ1v) is 12.8. The molecule has 6 rings (SSSR count). The van der Waals surface area contributed by atoms with Crippen LogP contribution in [-0.2, 0) is 0 Å². The number of ether oxygens (including phenoxy) is 1. The Labute approximate surface area is 225 Å². The van der Waals surface area contributed by atoms with Gasteiger partial charge in [-0.2, -0.15) is 0 Å². The molecule has 1 aromatic heterocycles. The number of anilines is 1. The van der Waals surface area contributed by atoms with Crippen molar-refractivity contribution in [3.8, 4) is 39.8 Å². The molecule has 1 fully saturated rings. The molecule has 1 amide bonds. The standard InChI is InChI=1S/C31H28N4O4/c1-39-28-18-23(17-27(36)29(28)37)30-32-25-12-11-24(19-26(25)33-30)34-13-15-35(16-14-34)31(38)22-9-7-21(8-10-22)20-5-3-2-4-6-20/h2-12,17-19,36-37H,13-16H2,1H3,(H,32,33). The smallest absolute Gasteiger partial charge is 0.253 e. The Hall–Kier alpha value is -4.98. The molecule has 2 heterocycles. The van der Waals surface area contributed by atoms with Crippen molar-refractivity contribution in [2.75, 3.05) is 38.2 Å². The predicted molar refractivity (Wildman–Crippen MR) is 151 cm³/mol. The van der Waals surface area contributed by atoms with Crippen molar-refractivity contribution in [2.24, 2.45) is 0 Å². The van der Waals surface area contributed by atoms with E-state index in [1.165, 1.54) is 13.2 Å². The largest absolute Gasteiger partial charge is 0.504 e. The van der Waals surface area contributed by atoms with Gasteiger partial charge in [-0.25, -0.2) is 4.98 Å². The molecule has 0 radical (unpaired) electrons. The normalized spacial score (nSPS) is 13.6. The average Bonchev–Trinajstić information content (AvgIpc) is 3.42. The molecule has 0 saturated carbocycles. The highest BCUT2D eigenvalue weighted by Gasteiger charge is 2.23. The minimum absolute atomic E-state index is 0.0502. The SMILES string of the molecule is COc1cc(-c2nc3cc(N4CCN(C(=O)c5ccc(-c6ccccc6)cc5)CC4)ccc3[nH]2)cc(O)c1O. The summed E-state index contributed by atoms with van der Waals surface area (Å²) in [6, 6.07) is 27.1. The van der Waals surface area contributed by atoms with Gasteiger partial charge < -0.3 is 29.7 Å². The minimum Gasteiger partial charge on any atom is -0.504 e. The van der Waals surface area contributed by atoms with Gasteiger partial charge in [0, 0.05) is 43.0 Å². The molecule has 1 aliphatic rings. The number of benzene rings is 4. The van der Waals surface area contributed by atoms with Crippen molar-refractivity contribution in [1.29, 1.82) is 0 Å². The fourth-order valence-electron chi connectivity index (χ4n) is 5.00. The summed E-state index contributed by atoms with van der Waals surface area (Å²) in [5, 5.41) is 20.0. The van der Waals surface area contributed by atoms with Crippen LogP contribution in [-0.4, -0.2) is 64.3 Å². The van der Waals surface area contributed by atoms with Crippen molar-refractivity contribution in [3.63, 3.8) is 0 Å². The van der Waals surface area contributed by atoms with E-state index in [1.807, 2.05) is 65.6 Å². The van der Waals surface area contributed by atoms with Crippen LogP contribution in [0.4, 0.5) is 5.69 Å². The number of aromatic hydroxyl groups is 2. The maximum atomic E-state index is 13.1. The molecule has 39 heavy (non-hydrogen) atoms. The van der Waals surface area contributed by atoms with Crippen LogP contribution >= 0.6 is 0 Å². The number of fused-ring (bicyclic) bond motifs is 1. The highest BCUT2D eigenvalue weighted by molar-refractivity contribution is 5.95. The minimum atomic E-state index is -0.304. The number of hydrogen-bond donors (Lipinski definition) is 3. The summed E-state index contributed by atoms with van der Waals surface area (Å²) in [5.74, 6) is 0.205. The second kappa shape index (κ2) is 10.1. The van der Waals surface area contributed by atoms with Crippen molar-refractivity contribution in [2.45, 2.75) is 0 Å². The molecule has 0 atom stereocenters. The van der Waals surface area contributed by atoms with Crippen molar-refractivity contribution in [1.82, 2.24) is 14.9 Å². The van der Waals surface area contributed by atoms with Gasteiger partial charge in [0.2, 0.25) is 5.75 Å². The number of H-pyrrole nitrogens is 1. The number of aromatic nitrogens is 2. The van der Waals surface area contributed by atoms with Gasteiger partial charge in [-0.1, -0.05) is 42.5 Å². The first-order chi connectivity index (χ1) is 19.0. The van der Waals surface area contributed by atoms with Crippen LogP contribution in [0, 0.1) is 0 Å². The number of imidazole rings is 1. The quantitative estimate of drug-likeness (QED) is 0.273. The number of carbonyl (C=O) groups excluding carboxylic acids is 1. The number of nitrogens with one attached hydrogen (secondary N) is 1. The summed E-state index contributed by atoms with van der Waals surface area (Å²) in [7, 11) is 1.43. The molecule has 8 heteroatoms. The fraction of sp³-hybridized carbons (Fsp3) is 0.161. The zero-order valence-electron chi connectivity index (χ0n) is 21.5. The second-order valence-electron chi connectivity index (χ2n) is 9.56. The molecular formula is C31H28N4O4. The highest BCUT2D eigenvalue weighted by Crippen LogP contribution is 2.39. The van der Waals surface area contributed by atoms with Gasteiger partial charge in [0.1, 0.15) is 5.82 Å². The van der Waals surface area contributed by atoms with E-state index in [1.54, 1.807) is 6.07 Å². The molecular weight excluding hydrogens is 492 g/mol. The summed E-state index contributed by atoms with van der Waals surface area (Å²) in [6.45, 7) is 2.71. The van der Waals surface area contributed by atoms with Gasteiger partial charge >= 0.3 is 0 Å². The Bertz CT molecular complexity index is 1640. The van der Waals surface area contributed by atoms with E-state index < -0.39 is 0 Å². The number of piperazine rings is 1. The van der Waals surface area contributed by atoms with E-state index in [0.29, 0.717) is 30.0 Å².